The largest absolute Gasteiger partial charge is 0.462 e. The Kier molecular flexibility index (Phi) is 3.26. The van der Waals surface area contributed by atoms with Crippen LogP contribution in [-0.2, 0) is 28.6 Å². The highest BCUT2D eigenvalue weighted by Gasteiger charge is 2.62. The van der Waals surface area contributed by atoms with Gasteiger partial charge in [-0.15, -0.1) is 0 Å². The fourth-order valence-electron chi connectivity index (χ4n) is 3.81. The van der Waals surface area contributed by atoms with Crippen molar-refractivity contribution in [3.8, 4) is 0 Å². The standard InChI is InChI=1S/C15H18O6/c1-8(2)13(17)19-7-12(16)21-15-5-9-3-10(6-15)20-14(18)11(15)4-9/h9-11H,1,3-7H2,2H3. The quantitative estimate of drug-likeness (QED) is 0.439. The molecule has 0 N–H and O–H groups in total. The van der Waals surface area contributed by atoms with Crippen molar-refractivity contribution in [2.24, 2.45) is 11.8 Å². The van der Waals surface area contributed by atoms with E-state index < -0.39 is 24.1 Å². The number of carbonyl (C=O) groups excluding carboxylic acids is 3. The van der Waals surface area contributed by atoms with Crippen LogP contribution in [0.4, 0.5) is 0 Å². The molecule has 3 aliphatic rings. The van der Waals surface area contributed by atoms with Crippen LogP contribution in [0.1, 0.15) is 32.6 Å². The zero-order valence-electron chi connectivity index (χ0n) is 11.9. The molecule has 3 rings (SSSR count). The van der Waals surface area contributed by atoms with E-state index in [1.165, 1.54) is 6.92 Å². The minimum Gasteiger partial charge on any atom is -0.462 e. The summed E-state index contributed by atoms with van der Waals surface area (Å²) in [7, 11) is 0. The maximum atomic E-state index is 11.9. The highest BCUT2D eigenvalue weighted by Crippen LogP contribution is 2.55. The topological polar surface area (TPSA) is 78.9 Å². The van der Waals surface area contributed by atoms with Crippen LogP contribution in [0.15, 0.2) is 12.2 Å². The van der Waals surface area contributed by atoms with E-state index in [4.69, 9.17) is 14.2 Å². The maximum Gasteiger partial charge on any atom is 0.344 e. The van der Waals surface area contributed by atoms with Crippen molar-refractivity contribution in [2.45, 2.75) is 44.3 Å². The van der Waals surface area contributed by atoms with Gasteiger partial charge in [0.1, 0.15) is 11.7 Å². The van der Waals surface area contributed by atoms with Gasteiger partial charge in [0.25, 0.3) is 0 Å². The number of hydrogen-bond acceptors (Lipinski definition) is 6. The average Bonchev–Trinajstić information content (AvgIpc) is 2.58. The van der Waals surface area contributed by atoms with Crippen molar-refractivity contribution in [1.29, 1.82) is 0 Å². The molecule has 0 aromatic rings. The third kappa shape index (κ3) is 2.43. The molecule has 0 spiro atoms. The zero-order chi connectivity index (χ0) is 15.2. The molecule has 1 saturated heterocycles. The minimum atomic E-state index is -0.754. The van der Waals surface area contributed by atoms with E-state index in [0.717, 1.165) is 6.42 Å². The van der Waals surface area contributed by atoms with Crippen LogP contribution in [0.5, 0.6) is 0 Å². The molecule has 4 unspecified atom stereocenters. The molecule has 3 bridgehead atoms. The molecule has 114 valence electrons. The van der Waals surface area contributed by atoms with Crippen molar-refractivity contribution in [2.75, 3.05) is 6.61 Å². The normalized spacial score (nSPS) is 36.0. The van der Waals surface area contributed by atoms with Crippen molar-refractivity contribution >= 4 is 17.9 Å². The molecule has 6 heteroatoms. The van der Waals surface area contributed by atoms with Crippen LogP contribution in [0.25, 0.3) is 0 Å². The monoisotopic (exact) mass is 294 g/mol. The van der Waals surface area contributed by atoms with Crippen molar-refractivity contribution in [3.63, 3.8) is 0 Å². The van der Waals surface area contributed by atoms with Crippen LogP contribution in [0, 0.1) is 11.8 Å². The van der Waals surface area contributed by atoms with Crippen molar-refractivity contribution < 1.29 is 28.6 Å². The molecule has 2 saturated carbocycles. The molecule has 4 atom stereocenters. The number of hydrogen-bond donors (Lipinski definition) is 0. The lowest BCUT2D eigenvalue weighted by Crippen LogP contribution is -2.52. The van der Waals surface area contributed by atoms with Crippen LogP contribution < -0.4 is 0 Å². The van der Waals surface area contributed by atoms with Gasteiger partial charge in [-0.05, 0) is 32.1 Å². The summed E-state index contributed by atoms with van der Waals surface area (Å²) in [5, 5.41) is 0. The minimum absolute atomic E-state index is 0.152. The third-order valence-electron chi connectivity index (χ3n) is 4.56. The Morgan fingerprint density at radius 2 is 2.14 bits per heavy atom. The summed E-state index contributed by atoms with van der Waals surface area (Å²) in [6.07, 6.45) is 2.67. The van der Waals surface area contributed by atoms with Crippen molar-refractivity contribution in [1.82, 2.24) is 0 Å². The van der Waals surface area contributed by atoms with Gasteiger partial charge >= 0.3 is 17.9 Å². The van der Waals surface area contributed by atoms with Gasteiger partial charge in [0, 0.05) is 12.0 Å². The molecule has 0 aromatic carbocycles. The fraction of sp³-hybridized carbons (Fsp3) is 0.667. The lowest BCUT2D eigenvalue weighted by molar-refractivity contribution is -0.201. The van der Waals surface area contributed by atoms with Crippen molar-refractivity contribution in [3.05, 3.63) is 12.2 Å². The number of rotatable bonds is 4. The Labute approximate surface area is 122 Å². The second kappa shape index (κ2) is 4.86. The number of carbonyl (C=O) groups is 3. The summed E-state index contributed by atoms with van der Waals surface area (Å²) in [6.45, 7) is 4.49. The van der Waals surface area contributed by atoms with Gasteiger partial charge < -0.3 is 14.2 Å². The van der Waals surface area contributed by atoms with Gasteiger partial charge in [0.2, 0.25) is 0 Å². The lowest BCUT2D eigenvalue weighted by atomic mass is 9.78. The highest BCUT2D eigenvalue weighted by atomic mass is 16.6. The highest BCUT2D eigenvalue weighted by molar-refractivity contribution is 5.88. The summed E-state index contributed by atoms with van der Waals surface area (Å²) in [5.41, 5.74) is -0.530. The summed E-state index contributed by atoms with van der Waals surface area (Å²) in [6, 6.07) is 0. The third-order valence-corrected chi connectivity index (χ3v) is 4.56. The lowest BCUT2D eigenvalue weighted by Gasteiger charge is -2.43. The first-order chi connectivity index (χ1) is 9.89. The summed E-state index contributed by atoms with van der Waals surface area (Å²) < 4.78 is 15.7. The number of ether oxygens (including phenoxy) is 3. The molecule has 1 heterocycles. The molecule has 0 radical (unpaired) electrons. The molecule has 0 aromatic heterocycles. The predicted molar refractivity (Wildman–Crippen MR) is 69.9 cm³/mol. The fourth-order valence-corrected chi connectivity index (χ4v) is 3.81. The maximum absolute atomic E-state index is 11.9. The van der Waals surface area contributed by atoms with Gasteiger partial charge in [-0.1, -0.05) is 6.58 Å². The van der Waals surface area contributed by atoms with Gasteiger partial charge in [0.15, 0.2) is 6.61 Å². The Hall–Kier alpha value is -1.85. The van der Waals surface area contributed by atoms with Crippen LogP contribution >= 0.6 is 0 Å². The first kappa shape index (κ1) is 14.1. The van der Waals surface area contributed by atoms with E-state index in [1.54, 1.807) is 0 Å². The Bertz CT molecular complexity index is 524. The average molecular weight is 294 g/mol. The molecular formula is C15H18O6. The Morgan fingerprint density at radius 1 is 1.38 bits per heavy atom. The predicted octanol–water partition coefficient (Wildman–Crippen LogP) is 1.13. The first-order valence-corrected chi connectivity index (χ1v) is 7.14. The Balaban J connectivity index is 1.64. The summed E-state index contributed by atoms with van der Waals surface area (Å²) in [5.74, 6) is -1.52. The second-order valence-electron chi connectivity index (χ2n) is 6.25. The van der Waals surface area contributed by atoms with E-state index in [9.17, 15) is 14.4 Å². The van der Waals surface area contributed by atoms with Crippen LogP contribution in [0.3, 0.4) is 0 Å². The van der Waals surface area contributed by atoms with E-state index in [2.05, 4.69) is 6.58 Å². The van der Waals surface area contributed by atoms with Gasteiger partial charge in [-0.2, -0.15) is 0 Å². The van der Waals surface area contributed by atoms with Gasteiger partial charge in [-0.25, -0.2) is 9.59 Å². The molecule has 1 aliphatic heterocycles. The van der Waals surface area contributed by atoms with E-state index >= 15 is 0 Å². The van der Waals surface area contributed by atoms with E-state index in [1.807, 2.05) is 0 Å². The van der Waals surface area contributed by atoms with E-state index in [0.29, 0.717) is 25.2 Å². The Morgan fingerprint density at radius 3 is 2.86 bits per heavy atom. The molecule has 3 fully saturated rings. The molecule has 0 amide bonds. The number of esters is 3. The molecular weight excluding hydrogens is 276 g/mol. The molecule has 2 aliphatic carbocycles. The zero-order valence-corrected chi connectivity index (χ0v) is 11.9. The summed E-state index contributed by atoms with van der Waals surface area (Å²) >= 11 is 0. The second-order valence-corrected chi connectivity index (χ2v) is 6.25. The first-order valence-electron chi connectivity index (χ1n) is 7.14. The molecule has 6 nitrogen and oxygen atoms in total. The van der Waals surface area contributed by atoms with E-state index in [-0.39, 0.29) is 23.6 Å². The van der Waals surface area contributed by atoms with Gasteiger partial charge in [0.05, 0.1) is 5.92 Å². The van der Waals surface area contributed by atoms with Crippen LogP contribution in [-0.4, -0.2) is 36.2 Å². The molecule has 21 heavy (non-hydrogen) atoms. The number of fused-ring (bicyclic) bond motifs is 2. The smallest absolute Gasteiger partial charge is 0.344 e. The SMILES string of the molecule is C=C(C)C(=O)OCC(=O)OC12CC3CC(C1)OC(=O)C2C3. The van der Waals surface area contributed by atoms with Crippen LogP contribution in [0.2, 0.25) is 0 Å². The van der Waals surface area contributed by atoms with Gasteiger partial charge in [-0.3, -0.25) is 4.79 Å². The summed E-state index contributed by atoms with van der Waals surface area (Å²) in [4.78, 5) is 35.1.